The molecule has 0 saturated carbocycles. The Kier molecular flexibility index (Phi) is 4.39. The molecule has 3 heterocycles. The molecule has 0 N–H and O–H groups in total. The molecule has 152 valence electrons. The number of hydrogen-bond acceptors (Lipinski definition) is 3. The molecule has 3 aromatic heterocycles. The SMILES string of the molecule is Fc1ccc(-c2ccnc3nc(C(F)(F)F)ccc23)cc1-c1ccc2ncccc2c1. The van der Waals surface area contributed by atoms with Gasteiger partial charge in [0, 0.05) is 28.7 Å². The summed E-state index contributed by atoms with van der Waals surface area (Å²) >= 11 is 0. The van der Waals surface area contributed by atoms with Gasteiger partial charge in [0.2, 0.25) is 0 Å². The molecule has 0 aliphatic heterocycles. The molecule has 0 spiro atoms. The quantitative estimate of drug-likeness (QED) is 0.300. The van der Waals surface area contributed by atoms with Crippen LogP contribution in [0.15, 0.2) is 79.1 Å². The van der Waals surface area contributed by atoms with Crippen LogP contribution in [0.2, 0.25) is 0 Å². The molecule has 5 rings (SSSR count). The van der Waals surface area contributed by atoms with E-state index in [1.807, 2.05) is 24.3 Å². The molecule has 2 aromatic carbocycles. The lowest BCUT2D eigenvalue weighted by Crippen LogP contribution is -2.08. The summed E-state index contributed by atoms with van der Waals surface area (Å²) in [5, 5.41) is 1.33. The van der Waals surface area contributed by atoms with E-state index in [4.69, 9.17) is 0 Å². The van der Waals surface area contributed by atoms with Crippen molar-refractivity contribution in [2.45, 2.75) is 6.18 Å². The standard InChI is InChI=1S/C24H13F4N3/c25-20-6-3-15(13-19(20)14-4-7-21-16(12-14)2-1-10-29-21)17-9-11-30-23-18(17)5-8-22(31-23)24(26,27)28/h1-13H. The highest BCUT2D eigenvalue weighted by Crippen LogP contribution is 2.34. The van der Waals surface area contributed by atoms with Gasteiger partial charge in [-0.05, 0) is 65.2 Å². The smallest absolute Gasteiger partial charge is 0.256 e. The third-order valence-electron chi connectivity index (χ3n) is 5.09. The van der Waals surface area contributed by atoms with Gasteiger partial charge in [-0.2, -0.15) is 13.2 Å². The molecule has 0 fully saturated rings. The maximum atomic E-state index is 14.7. The summed E-state index contributed by atoms with van der Waals surface area (Å²) in [5.74, 6) is -0.400. The molecular formula is C24H13F4N3. The topological polar surface area (TPSA) is 38.7 Å². The van der Waals surface area contributed by atoms with Crippen molar-refractivity contribution in [3.63, 3.8) is 0 Å². The van der Waals surface area contributed by atoms with Gasteiger partial charge < -0.3 is 0 Å². The zero-order valence-electron chi connectivity index (χ0n) is 15.9. The number of hydrogen-bond donors (Lipinski definition) is 0. The predicted octanol–water partition coefficient (Wildman–Crippen LogP) is 6.67. The van der Waals surface area contributed by atoms with Gasteiger partial charge >= 0.3 is 6.18 Å². The Bertz CT molecular complexity index is 1440. The van der Waals surface area contributed by atoms with Crippen molar-refractivity contribution in [3.05, 3.63) is 90.6 Å². The molecule has 5 aromatic rings. The molecule has 31 heavy (non-hydrogen) atoms. The van der Waals surface area contributed by atoms with Crippen molar-refractivity contribution in [2.24, 2.45) is 0 Å². The second kappa shape index (κ2) is 7.12. The molecule has 0 unspecified atom stereocenters. The molecule has 7 heteroatoms. The van der Waals surface area contributed by atoms with E-state index in [0.29, 0.717) is 27.6 Å². The Labute approximate surface area is 174 Å². The number of fused-ring (bicyclic) bond motifs is 2. The van der Waals surface area contributed by atoms with E-state index < -0.39 is 17.7 Å². The zero-order chi connectivity index (χ0) is 21.6. The van der Waals surface area contributed by atoms with Crippen LogP contribution >= 0.6 is 0 Å². The summed E-state index contributed by atoms with van der Waals surface area (Å²) < 4.78 is 53.7. The molecule has 0 aliphatic carbocycles. The molecule has 0 aliphatic rings. The van der Waals surface area contributed by atoms with Gasteiger partial charge in [0.15, 0.2) is 5.65 Å². The van der Waals surface area contributed by atoms with E-state index >= 15 is 0 Å². The minimum atomic E-state index is -4.56. The molecule has 0 saturated heterocycles. The minimum absolute atomic E-state index is 0.0185. The second-order valence-corrected chi connectivity index (χ2v) is 7.03. The first-order valence-corrected chi connectivity index (χ1v) is 9.38. The Morgan fingerprint density at radius 1 is 0.710 bits per heavy atom. The molecular weight excluding hydrogens is 406 g/mol. The number of halogens is 4. The highest BCUT2D eigenvalue weighted by Gasteiger charge is 2.32. The van der Waals surface area contributed by atoms with Crippen LogP contribution in [0.25, 0.3) is 44.2 Å². The van der Waals surface area contributed by atoms with Gasteiger partial charge in [0.25, 0.3) is 0 Å². The molecule has 0 amide bonds. The molecule has 0 atom stereocenters. The fraction of sp³-hybridized carbons (Fsp3) is 0.0417. The van der Waals surface area contributed by atoms with E-state index in [2.05, 4.69) is 15.0 Å². The van der Waals surface area contributed by atoms with E-state index in [-0.39, 0.29) is 5.65 Å². The Morgan fingerprint density at radius 3 is 2.35 bits per heavy atom. The average molecular weight is 419 g/mol. The lowest BCUT2D eigenvalue weighted by Gasteiger charge is -2.11. The van der Waals surface area contributed by atoms with E-state index in [9.17, 15) is 17.6 Å². The second-order valence-electron chi connectivity index (χ2n) is 7.03. The van der Waals surface area contributed by atoms with E-state index in [0.717, 1.165) is 17.0 Å². The van der Waals surface area contributed by atoms with Gasteiger partial charge in [0.1, 0.15) is 11.5 Å². The third-order valence-corrected chi connectivity index (χ3v) is 5.09. The van der Waals surface area contributed by atoms with Crippen molar-refractivity contribution < 1.29 is 17.6 Å². The van der Waals surface area contributed by atoms with Crippen molar-refractivity contribution in [2.75, 3.05) is 0 Å². The van der Waals surface area contributed by atoms with E-state index in [1.165, 1.54) is 18.3 Å². The summed E-state index contributed by atoms with van der Waals surface area (Å²) in [4.78, 5) is 11.9. The highest BCUT2D eigenvalue weighted by atomic mass is 19.4. The largest absolute Gasteiger partial charge is 0.433 e. The summed E-state index contributed by atoms with van der Waals surface area (Å²) in [6, 6.07) is 17.7. The number of nitrogens with zero attached hydrogens (tertiary/aromatic N) is 3. The maximum absolute atomic E-state index is 14.7. The van der Waals surface area contributed by atoms with Crippen LogP contribution in [0, 0.1) is 5.82 Å². The van der Waals surface area contributed by atoms with Crippen molar-refractivity contribution in [3.8, 4) is 22.3 Å². The summed E-state index contributed by atoms with van der Waals surface area (Å²) in [5.41, 5.74) is 2.11. The molecule has 0 bridgehead atoms. The zero-order valence-corrected chi connectivity index (χ0v) is 15.9. The molecule has 3 nitrogen and oxygen atoms in total. The first-order valence-electron chi connectivity index (χ1n) is 9.38. The van der Waals surface area contributed by atoms with Gasteiger partial charge in [-0.3, -0.25) is 4.98 Å². The van der Waals surface area contributed by atoms with Gasteiger partial charge in [0.05, 0.1) is 5.52 Å². The first-order chi connectivity index (χ1) is 14.9. The van der Waals surface area contributed by atoms with Crippen LogP contribution in [0.1, 0.15) is 5.69 Å². The van der Waals surface area contributed by atoms with Crippen LogP contribution in [0.5, 0.6) is 0 Å². The van der Waals surface area contributed by atoms with Crippen LogP contribution in [0.3, 0.4) is 0 Å². The van der Waals surface area contributed by atoms with Crippen LogP contribution in [-0.2, 0) is 6.18 Å². The first kappa shape index (κ1) is 19.1. The fourth-order valence-corrected chi connectivity index (χ4v) is 3.60. The number of pyridine rings is 3. The van der Waals surface area contributed by atoms with Gasteiger partial charge in [-0.25, -0.2) is 14.4 Å². The van der Waals surface area contributed by atoms with E-state index in [1.54, 1.807) is 30.5 Å². The van der Waals surface area contributed by atoms with Gasteiger partial charge in [-0.1, -0.05) is 18.2 Å². The summed E-state index contributed by atoms with van der Waals surface area (Å²) in [6.07, 6.45) is -1.47. The fourth-order valence-electron chi connectivity index (χ4n) is 3.60. The highest BCUT2D eigenvalue weighted by molar-refractivity contribution is 5.94. The average Bonchev–Trinajstić information content (AvgIpc) is 2.78. The number of aromatic nitrogens is 3. The number of alkyl halides is 3. The lowest BCUT2D eigenvalue weighted by molar-refractivity contribution is -0.141. The van der Waals surface area contributed by atoms with Crippen molar-refractivity contribution >= 4 is 21.9 Å². The Morgan fingerprint density at radius 2 is 1.52 bits per heavy atom. The minimum Gasteiger partial charge on any atom is -0.256 e. The normalized spacial score (nSPS) is 11.9. The van der Waals surface area contributed by atoms with Crippen LogP contribution in [-0.4, -0.2) is 15.0 Å². The van der Waals surface area contributed by atoms with Gasteiger partial charge in [-0.15, -0.1) is 0 Å². The van der Waals surface area contributed by atoms with Crippen LogP contribution in [0.4, 0.5) is 17.6 Å². The van der Waals surface area contributed by atoms with Crippen molar-refractivity contribution in [1.82, 2.24) is 15.0 Å². The third kappa shape index (κ3) is 3.48. The monoisotopic (exact) mass is 419 g/mol. The number of rotatable bonds is 2. The summed E-state index contributed by atoms with van der Waals surface area (Å²) in [6.45, 7) is 0. The van der Waals surface area contributed by atoms with Crippen LogP contribution < -0.4 is 0 Å². The summed E-state index contributed by atoms with van der Waals surface area (Å²) in [7, 11) is 0. The lowest BCUT2D eigenvalue weighted by atomic mass is 9.96. The maximum Gasteiger partial charge on any atom is 0.433 e. The Balaban J connectivity index is 1.65. The Hall–Kier alpha value is -3.87. The molecule has 0 radical (unpaired) electrons. The number of benzene rings is 2. The van der Waals surface area contributed by atoms with Crippen molar-refractivity contribution in [1.29, 1.82) is 0 Å². The predicted molar refractivity (Wildman–Crippen MR) is 111 cm³/mol.